The molecule has 0 saturated heterocycles. The number of aromatic nitrogens is 2. The average molecular weight is 495 g/mol. The summed E-state index contributed by atoms with van der Waals surface area (Å²) in [6, 6.07) is 19.0. The van der Waals surface area contributed by atoms with Crippen molar-refractivity contribution in [3.8, 4) is 28.8 Å². The lowest BCUT2D eigenvalue weighted by molar-refractivity contribution is -0.142. The van der Waals surface area contributed by atoms with Gasteiger partial charge >= 0.3 is 0 Å². The molecule has 2 heterocycles. The van der Waals surface area contributed by atoms with Crippen LogP contribution in [-0.2, 0) is 9.59 Å². The Kier molecular flexibility index (Phi) is 7.69. The van der Waals surface area contributed by atoms with Gasteiger partial charge in [0.15, 0.2) is 0 Å². The largest absolute Gasteiger partial charge is 0.494 e. The van der Waals surface area contributed by atoms with E-state index in [1.165, 1.54) is 4.90 Å². The van der Waals surface area contributed by atoms with E-state index in [1.54, 1.807) is 17.7 Å². The van der Waals surface area contributed by atoms with Crippen LogP contribution < -0.4 is 4.74 Å². The third-order valence-corrected chi connectivity index (χ3v) is 6.47. The quantitative estimate of drug-likeness (QED) is 0.295. The molecule has 1 aliphatic rings. The highest BCUT2D eigenvalue weighted by atomic mass is 16.5. The van der Waals surface area contributed by atoms with Crippen molar-refractivity contribution in [2.75, 3.05) is 6.61 Å². The number of carbonyl (C=O) groups is 2. The Labute approximate surface area is 217 Å². The molecule has 0 N–H and O–H groups in total. The van der Waals surface area contributed by atoms with Crippen molar-refractivity contribution in [3.05, 3.63) is 83.1 Å². The van der Waals surface area contributed by atoms with Crippen molar-refractivity contribution in [2.24, 2.45) is 0 Å². The zero-order chi connectivity index (χ0) is 26.5. The molecule has 188 valence electrons. The molecule has 2 aromatic carbocycles. The number of rotatable bonds is 8. The van der Waals surface area contributed by atoms with E-state index in [2.05, 4.69) is 6.92 Å². The minimum Gasteiger partial charge on any atom is -0.494 e. The van der Waals surface area contributed by atoms with Gasteiger partial charge in [0.1, 0.15) is 17.4 Å². The molecule has 0 bridgehead atoms. The van der Waals surface area contributed by atoms with Crippen LogP contribution in [0.5, 0.6) is 5.75 Å². The molecule has 7 nitrogen and oxygen atoms in total. The summed E-state index contributed by atoms with van der Waals surface area (Å²) in [6.07, 6.45) is 5.10. The number of carbonyl (C=O) groups excluding carboxylic acids is 2. The molecule has 0 saturated carbocycles. The second kappa shape index (κ2) is 11.1. The molecule has 1 aliphatic heterocycles. The maximum atomic E-state index is 13.5. The van der Waals surface area contributed by atoms with Crippen LogP contribution in [0, 0.1) is 11.3 Å². The van der Waals surface area contributed by atoms with Gasteiger partial charge in [-0.3, -0.25) is 14.5 Å². The van der Waals surface area contributed by atoms with Crippen LogP contribution in [0.2, 0.25) is 0 Å². The normalized spacial score (nSPS) is 15.8. The van der Waals surface area contributed by atoms with Crippen LogP contribution in [0.3, 0.4) is 0 Å². The van der Waals surface area contributed by atoms with Gasteiger partial charge in [-0.15, -0.1) is 0 Å². The molecule has 4 rings (SSSR count). The Bertz CT molecular complexity index is 1410. The number of hydrogen-bond donors (Lipinski definition) is 0. The lowest BCUT2D eigenvalue weighted by Gasteiger charge is -2.31. The van der Waals surface area contributed by atoms with Crippen LogP contribution in [0.25, 0.3) is 23.0 Å². The summed E-state index contributed by atoms with van der Waals surface area (Å²) in [5.41, 5.74) is 3.76. The predicted molar refractivity (Wildman–Crippen MR) is 143 cm³/mol. The summed E-state index contributed by atoms with van der Waals surface area (Å²) < 4.78 is 7.49. The van der Waals surface area contributed by atoms with E-state index in [9.17, 15) is 14.9 Å². The second-order valence-corrected chi connectivity index (χ2v) is 8.99. The fourth-order valence-electron chi connectivity index (χ4n) is 4.20. The number of imide groups is 1. The molecule has 0 aliphatic carbocycles. The van der Waals surface area contributed by atoms with Crippen molar-refractivity contribution in [2.45, 2.75) is 46.6 Å². The number of amides is 2. The van der Waals surface area contributed by atoms with Gasteiger partial charge in [0.05, 0.1) is 18.0 Å². The molecule has 0 fully saturated rings. The Hall–Kier alpha value is -4.44. The van der Waals surface area contributed by atoms with Crippen LogP contribution in [0.1, 0.15) is 46.1 Å². The molecule has 1 unspecified atom stereocenters. The zero-order valence-electron chi connectivity index (χ0n) is 21.6. The van der Waals surface area contributed by atoms with E-state index in [4.69, 9.17) is 9.84 Å². The minimum absolute atomic E-state index is 0.0134. The van der Waals surface area contributed by atoms with Gasteiger partial charge in [0, 0.05) is 28.9 Å². The number of nitrogens with zero attached hydrogens (tertiary/aromatic N) is 4. The van der Waals surface area contributed by atoms with Gasteiger partial charge in [-0.2, -0.15) is 10.4 Å². The zero-order valence-corrected chi connectivity index (χ0v) is 21.6. The molecule has 7 heteroatoms. The van der Waals surface area contributed by atoms with E-state index in [-0.39, 0.29) is 11.6 Å². The third kappa shape index (κ3) is 5.10. The molecule has 3 aromatic rings. The van der Waals surface area contributed by atoms with E-state index in [0.29, 0.717) is 35.4 Å². The first kappa shape index (κ1) is 25.6. The lowest BCUT2D eigenvalue weighted by atomic mass is 9.92. The number of ether oxygens (including phenoxy) is 1. The summed E-state index contributed by atoms with van der Waals surface area (Å²) in [4.78, 5) is 27.7. The highest BCUT2D eigenvalue weighted by molar-refractivity contribution is 6.20. The van der Waals surface area contributed by atoms with E-state index in [0.717, 1.165) is 23.4 Å². The Morgan fingerprint density at radius 3 is 2.38 bits per heavy atom. The fraction of sp³-hybridized carbons (Fsp3) is 0.267. The van der Waals surface area contributed by atoms with Gasteiger partial charge in [0.25, 0.3) is 11.8 Å². The van der Waals surface area contributed by atoms with E-state index >= 15 is 0 Å². The standard InChI is InChI=1S/C30H30N4O3/c1-5-16-37-25-14-12-22(13-15-25)28-23(19-33(32-28)24-10-8-7-9-11-24)17-26-21(4)27(18-31)30(36)34(29(26)35)20(3)6-2/h7-15,17,19-20H,5-6,16H2,1-4H3/b26-17+. The van der Waals surface area contributed by atoms with Gasteiger partial charge in [-0.1, -0.05) is 32.0 Å². The van der Waals surface area contributed by atoms with E-state index < -0.39 is 11.8 Å². The first-order valence-corrected chi connectivity index (χ1v) is 12.5. The van der Waals surface area contributed by atoms with Gasteiger partial charge in [-0.25, -0.2) is 4.68 Å². The number of nitriles is 1. The van der Waals surface area contributed by atoms with E-state index in [1.807, 2.05) is 80.7 Å². The molecule has 2 amide bonds. The van der Waals surface area contributed by atoms with Crippen molar-refractivity contribution < 1.29 is 14.3 Å². The fourth-order valence-corrected chi connectivity index (χ4v) is 4.20. The monoisotopic (exact) mass is 494 g/mol. The van der Waals surface area contributed by atoms with Crippen molar-refractivity contribution in [3.63, 3.8) is 0 Å². The maximum absolute atomic E-state index is 13.5. The minimum atomic E-state index is -0.542. The SMILES string of the molecule is CCCOc1ccc(-c2nn(-c3ccccc3)cc2/C=C2/C(=O)N(C(C)CC)C(=O)C(C#N)=C2C)cc1. The number of hydrogen-bond acceptors (Lipinski definition) is 5. The first-order valence-electron chi connectivity index (χ1n) is 12.5. The number of benzene rings is 2. The van der Waals surface area contributed by atoms with Gasteiger partial charge < -0.3 is 4.74 Å². The first-order chi connectivity index (χ1) is 17.9. The molecule has 1 aromatic heterocycles. The maximum Gasteiger partial charge on any atom is 0.271 e. The molecule has 0 spiro atoms. The predicted octanol–water partition coefficient (Wildman–Crippen LogP) is 5.72. The smallest absolute Gasteiger partial charge is 0.271 e. The highest BCUT2D eigenvalue weighted by Gasteiger charge is 2.37. The molecular weight excluding hydrogens is 464 g/mol. The second-order valence-electron chi connectivity index (χ2n) is 8.99. The van der Waals surface area contributed by atoms with Gasteiger partial charge in [0.2, 0.25) is 0 Å². The lowest BCUT2D eigenvalue weighted by Crippen LogP contribution is -2.47. The van der Waals surface area contributed by atoms with Crippen LogP contribution in [-0.4, -0.2) is 39.1 Å². The third-order valence-electron chi connectivity index (χ3n) is 6.47. The topological polar surface area (TPSA) is 88.2 Å². The Morgan fingerprint density at radius 1 is 1.05 bits per heavy atom. The molecular formula is C30H30N4O3. The summed E-state index contributed by atoms with van der Waals surface area (Å²) in [5.74, 6) is -0.174. The van der Waals surface area contributed by atoms with Crippen molar-refractivity contribution >= 4 is 17.9 Å². The Morgan fingerprint density at radius 2 is 1.76 bits per heavy atom. The van der Waals surface area contributed by atoms with Crippen LogP contribution >= 0.6 is 0 Å². The van der Waals surface area contributed by atoms with Crippen molar-refractivity contribution in [1.82, 2.24) is 14.7 Å². The molecule has 37 heavy (non-hydrogen) atoms. The molecule has 1 atom stereocenters. The van der Waals surface area contributed by atoms with Crippen LogP contribution in [0.4, 0.5) is 0 Å². The number of para-hydroxylation sites is 1. The molecule has 0 radical (unpaired) electrons. The average Bonchev–Trinajstić information content (AvgIpc) is 3.34. The van der Waals surface area contributed by atoms with Crippen molar-refractivity contribution in [1.29, 1.82) is 5.26 Å². The van der Waals surface area contributed by atoms with Crippen LogP contribution in [0.15, 0.2) is 77.5 Å². The summed E-state index contributed by atoms with van der Waals surface area (Å²) in [6.45, 7) is 8.06. The Balaban J connectivity index is 1.87. The van der Waals surface area contributed by atoms with Gasteiger partial charge in [-0.05, 0) is 74.7 Å². The highest BCUT2D eigenvalue weighted by Crippen LogP contribution is 2.32. The summed E-state index contributed by atoms with van der Waals surface area (Å²) in [7, 11) is 0. The summed E-state index contributed by atoms with van der Waals surface area (Å²) in [5, 5.41) is 14.6. The summed E-state index contributed by atoms with van der Waals surface area (Å²) >= 11 is 0.